The van der Waals surface area contributed by atoms with Crippen LogP contribution in [0.4, 0.5) is 0 Å². The Bertz CT molecular complexity index is 404. The van der Waals surface area contributed by atoms with Gasteiger partial charge in [0.25, 0.3) is 0 Å². The third kappa shape index (κ3) is 5.52. The van der Waals surface area contributed by atoms with Crippen molar-refractivity contribution in [1.29, 1.82) is 0 Å². The van der Waals surface area contributed by atoms with E-state index in [1.54, 1.807) is 0 Å². The molecule has 4 nitrogen and oxygen atoms in total. The SMILES string of the molecule is O=C=NCSC(SCN=C=O)c1ccccc1. The first-order valence-electron chi connectivity index (χ1n) is 4.74. The molecule has 0 N–H and O–H groups in total. The van der Waals surface area contributed by atoms with Crippen molar-refractivity contribution in [2.45, 2.75) is 4.58 Å². The van der Waals surface area contributed by atoms with Crippen LogP contribution in [0, 0.1) is 0 Å². The monoisotopic (exact) mass is 266 g/mol. The van der Waals surface area contributed by atoms with E-state index in [1.165, 1.54) is 35.7 Å². The molecule has 6 heteroatoms. The molecule has 0 aromatic heterocycles. The van der Waals surface area contributed by atoms with Gasteiger partial charge in [-0.3, -0.25) is 0 Å². The Balaban J connectivity index is 2.64. The Morgan fingerprint density at radius 2 is 1.53 bits per heavy atom. The molecule has 0 unspecified atom stereocenters. The molecule has 0 saturated carbocycles. The number of carbonyl (C=O) groups excluding carboxylic acids is 2. The summed E-state index contributed by atoms with van der Waals surface area (Å²) in [6, 6.07) is 9.79. The molecule has 0 bridgehead atoms. The van der Waals surface area contributed by atoms with Gasteiger partial charge in [-0.05, 0) is 5.56 Å². The van der Waals surface area contributed by atoms with Crippen molar-refractivity contribution in [3.8, 4) is 0 Å². The molecule has 0 amide bonds. The van der Waals surface area contributed by atoms with Crippen LogP contribution in [0.15, 0.2) is 40.3 Å². The number of nitrogens with zero attached hydrogens (tertiary/aromatic N) is 2. The van der Waals surface area contributed by atoms with Crippen molar-refractivity contribution >= 4 is 35.7 Å². The Morgan fingerprint density at radius 3 is 2.00 bits per heavy atom. The zero-order valence-electron chi connectivity index (χ0n) is 8.91. The van der Waals surface area contributed by atoms with Crippen LogP contribution in [0.5, 0.6) is 0 Å². The van der Waals surface area contributed by atoms with Crippen LogP contribution in [0.2, 0.25) is 0 Å². The number of hydrogen-bond acceptors (Lipinski definition) is 6. The van der Waals surface area contributed by atoms with E-state index in [0.717, 1.165) is 5.56 Å². The molecule has 0 atom stereocenters. The van der Waals surface area contributed by atoms with Crippen molar-refractivity contribution in [1.82, 2.24) is 0 Å². The van der Waals surface area contributed by atoms with E-state index in [0.29, 0.717) is 11.8 Å². The summed E-state index contributed by atoms with van der Waals surface area (Å²) in [5.74, 6) is 0.696. The minimum atomic E-state index is 0.0883. The maximum absolute atomic E-state index is 10.0. The second-order valence-electron chi connectivity index (χ2n) is 2.83. The van der Waals surface area contributed by atoms with Gasteiger partial charge in [0.15, 0.2) is 0 Å². The van der Waals surface area contributed by atoms with Crippen molar-refractivity contribution < 1.29 is 9.59 Å². The van der Waals surface area contributed by atoms with Gasteiger partial charge in [-0.2, -0.15) is 9.98 Å². The summed E-state index contributed by atoms with van der Waals surface area (Å²) in [4.78, 5) is 27.0. The largest absolute Gasteiger partial charge is 0.235 e. The molecule has 0 saturated heterocycles. The maximum atomic E-state index is 10.0. The van der Waals surface area contributed by atoms with Gasteiger partial charge in [0, 0.05) is 0 Å². The van der Waals surface area contributed by atoms with Gasteiger partial charge in [0.05, 0.1) is 16.3 Å². The van der Waals surface area contributed by atoms with Gasteiger partial charge >= 0.3 is 0 Å². The minimum Gasteiger partial charge on any atom is -0.211 e. The summed E-state index contributed by atoms with van der Waals surface area (Å²) in [6.07, 6.45) is 3.00. The highest BCUT2D eigenvalue weighted by Crippen LogP contribution is 2.39. The summed E-state index contributed by atoms with van der Waals surface area (Å²) >= 11 is 2.99. The predicted molar refractivity (Wildman–Crippen MR) is 70.3 cm³/mol. The Hall–Kier alpha value is -1.32. The van der Waals surface area contributed by atoms with Crippen LogP contribution >= 0.6 is 23.5 Å². The smallest absolute Gasteiger partial charge is 0.211 e. The van der Waals surface area contributed by atoms with Crippen LogP contribution in [0.3, 0.4) is 0 Å². The lowest BCUT2D eigenvalue weighted by molar-refractivity contribution is 0.563. The second-order valence-corrected chi connectivity index (χ2v) is 5.26. The fourth-order valence-corrected chi connectivity index (χ4v) is 3.09. The first-order chi connectivity index (χ1) is 8.38. The van der Waals surface area contributed by atoms with Crippen LogP contribution in [-0.4, -0.2) is 23.9 Å². The molecular weight excluding hydrogens is 256 g/mol. The average molecular weight is 266 g/mol. The summed E-state index contributed by atoms with van der Waals surface area (Å²) in [5.41, 5.74) is 1.10. The summed E-state index contributed by atoms with van der Waals surface area (Å²) in [7, 11) is 0. The molecule has 0 aliphatic rings. The van der Waals surface area contributed by atoms with E-state index < -0.39 is 0 Å². The zero-order valence-corrected chi connectivity index (χ0v) is 10.5. The van der Waals surface area contributed by atoms with Crippen LogP contribution in [0.1, 0.15) is 10.1 Å². The Morgan fingerprint density at radius 1 is 1.00 bits per heavy atom. The summed E-state index contributed by atoms with van der Waals surface area (Å²) in [6.45, 7) is 0. The Kier molecular flexibility index (Phi) is 7.11. The van der Waals surface area contributed by atoms with E-state index in [1.807, 2.05) is 30.3 Å². The lowest BCUT2D eigenvalue weighted by Gasteiger charge is -2.13. The molecule has 1 aromatic carbocycles. The highest BCUT2D eigenvalue weighted by atomic mass is 32.2. The molecule has 1 aromatic rings. The zero-order chi connectivity index (χ0) is 12.3. The van der Waals surface area contributed by atoms with Gasteiger partial charge in [-0.25, -0.2) is 9.59 Å². The molecule has 0 spiro atoms. The Labute approximate surface area is 108 Å². The van der Waals surface area contributed by atoms with Gasteiger partial charge < -0.3 is 0 Å². The lowest BCUT2D eigenvalue weighted by atomic mass is 10.2. The van der Waals surface area contributed by atoms with Crippen LogP contribution in [0.25, 0.3) is 0 Å². The summed E-state index contributed by atoms with van der Waals surface area (Å²) in [5, 5.41) is 0. The molecule has 0 aliphatic heterocycles. The maximum Gasteiger partial charge on any atom is 0.235 e. The highest BCUT2D eigenvalue weighted by molar-refractivity contribution is 8.16. The fourth-order valence-electron chi connectivity index (χ4n) is 1.11. The van der Waals surface area contributed by atoms with Crippen molar-refractivity contribution in [2.24, 2.45) is 9.98 Å². The molecular formula is C11H10N2O2S2. The normalized spacial score (nSPS) is 11.1. The highest BCUT2D eigenvalue weighted by Gasteiger charge is 2.11. The molecule has 1 rings (SSSR count). The fraction of sp³-hybridized carbons (Fsp3) is 0.273. The van der Waals surface area contributed by atoms with Crippen LogP contribution in [-0.2, 0) is 9.59 Å². The van der Waals surface area contributed by atoms with E-state index in [-0.39, 0.29) is 4.58 Å². The lowest BCUT2D eigenvalue weighted by Crippen LogP contribution is -1.91. The quantitative estimate of drug-likeness (QED) is 0.432. The topological polar surface area (TPSA) is 58.9 Å². The van der Waals surface area contributed by atoms with E-state index in [2.05, 4.69) is 9.98 Å². The molecule has 17 heavy (non-hydrogen) atoms. The number of isocyanates is 2. The average Bonchev–Trinajstić information content (AvgIpc) is 2.38. The predicted octanol–water partition coefficient (Wildman–Crippen LogP) is 2.74. The van der Waals surface area contributed by atoms with E-state index in [9.17, 15) is 9.59 Å². The molecule has 0 radical (unpaired) electrons. The van der Waals surface area contributed by atoms with Crippen molar-refractivity contribution in [3.05, 3.63) is 35.9 Å². The second kappa shape index (κ2) is 8.79. The number of thioether (sulfide) groups is 2. The van der Waals surface area contributed by atoms with Gasteiger partial charge in [-0.1, -0.05) is 30.3 Å². The van der Waals surface area contributed by atoms with Crippen LogP contribution < -0.4 is 0 Å². The third-order valence-electron chi connectivity index (χ3n) is 1.78. The molecule has 0 fully saturated rings. The minimum absolute atomic E-state index is 0.0883. The first-order valence-corrected chi connectivity index (χ1v) is 6.83. The van der Waals surface area contributed by atoms with Crippen molar-refractivity contribution in [3.63, 3.8) is 0 Å². The number of hydrogen-bond donors (Lipinski definition) is 0. The molecule has 88 valence electrons. The third-order valence-corrected chi connectivity index (χ3v) is 4.30. The van der Waals surface area contributed by atoms with E-state index in [4.69, 9.17) is 0 Å². The van der Waals surface area contributed by atoms with Gasteiger partial charge in [-0.15, -0.1) is 23.5 Å². The van der Waals surface area contributed by atoms with E-state index >= 15 is 0 Å². The first kappa shape index (κ1) is 13.7. The standard InChI is InChI=1S/C11H10N2O2S2/c14-6-12-8-16-11(17-9-13-7-15)10-4-2-1-3-5-10/h1-5,11H,8-9H2. The molecule has 0 heterocycles. The summed E-state index contributed by atoms with van der Waals surface area (Å²) < 4.78 is 0.0883. The number of benzene rings is 1. The molecule has 0 aliphatic carbocycles. The number of rotatable bonds is 7. The van der Waals surface area contributed by atoms with Gasteiger partial charge in [0.1, 0.15) is 0 Å². The number of aliphatic imine (C=N–C) groups is 2. The van der Waals surface area contributed by atoms with Gasteiger partial charge in [0.2, 0.25) is 12.2 Å². The van der Waals surface area contributed by atoms with Crippen molar-refractivity contribution in [2.75, 3.05) is 11.8 Å².